The molecule has 3 rings (SSSR count). The van der Waals surface area contributed by atoms with Crippen LogP contribution in [0, 0.1) is 3.57 Å². The van der Waals surface area contributed by atoms with Gasteiger partial charge in [0.2, 0.25) is 5.91 Å². The summed E-state index contributed by atoms with van der Waals surface area (Å²) in [4.78, 5) is 14.7. The third-order valence-corrected chi connectivity index (χ3v) is 6.94. The molecule has 0 saturated carbocycles. The molecule has 1 aliphatic heterocycles. The van der Waals surface area contributed by atoms with Gasteiger partial charge in [-0.15, -0.1) is 0 Å². The summed E-state index contributed by atoms with van der Waals surface area (Å²) in [5.74, 6) is -0.150. The van der Waals surface area contributed by atoms with Crippen molar-refractivity contribution in [3.63, 3.8) is 0 Å². The Bertz CT molecular complexity index is 848. The van der Waals surface area contributed by atoms with Crippen LogP contribution in [0.25, 0.3) is 0 Å². The van der Waals surface area contributed by atoms with Crippen molar-refractivity contribution in [2.24, 2.45) is 0 Å². The van der Waals surface area contributed by atoms with Gasteiger partial charge in [-0.2, -0.15) is 0 Å². The summed E-state index contributed by atoms with van der Waals surface area (Å²) >= 11 is 2.17. The maximum absolute atomic E-state index is 13.2. The number of halogens is 1. The number of sulfonamides is 1. The summed E-state index contributed by atoms with van der Waals surface area (Å²) in [5.41, 5.74) is 0.500. The largest absolute Gasteiger partial charge is 0.341 e. The molecule has 0 radical (unpaired) electrons. The standard InChI is InChI=1S/C19H21IN2O3S/c20-16-9-11-17(12-10-16)22(15-19(23)21-13-5-2-6-14-21)26(24,25)18-7-3-1-4-8-18/h1,3-4,7-12H,2,5-6,13-15H2. The van der Waals surface area contributed by atoms with E-state index in [1.54, 1.807) is 47.4 Å². The highest BCUT2D eigenvalue weighted by Crippen LogP contribution is 2.25. The van der Waals surface area contributed by atoms with E-state index in [-0.39, 0.29) is 17.3 Å². The monoisotopic (exact) mass is 484 g/mol. The predicted molar refractivity (Wildman–Crippen MR) is 111 cm³/mol. The van der Waals surface area contributed by atoms with Crippen molar-refractivity contribution in [3.8, 4) is 0 Å². The zero-order valence-electron chi connectivity index (χ0n) is 14.3. The van der Waals surface area contributed by atoms with Crippen LogP contribution in [0.3, 0.4) is 0 Å². The fraction of sp³-hybridized carbons (Fsp3) is 0.316. The lowest BCUT2D eigenvalue weighted by molar-refractivity contribution is -0.130. The van der Waals surface area contributed by atoms with E-state index in [1.165, 1.54) is 4.31 Å². The first-order valence-electron chi connectivity index (χ1n) is 8.59. The van der Waals surface area contributed by atoms with Crippen molar-refractivity contribution in [2.75, 3.05) is 23.9 Å². The van der Waals surface area contributed by atoms with Crippen LogP contribution in [0.2, 0.25) is 0 Å². The van der Waals surface area contributed by atoms with Crippen LogP contribution in [0.1, 0.15) is 19.3 Å². The van der Waals surface area contributed by atoms with Crippen LogP contribution in [-0.4, -0.2) is 38.9 Å². The minimum absolute atomic E-state index is 0.150. The fourth-order valence-electron chi connectivity index (χ4n) is 3.01. The number of hydrogen-bond acceptors (Lipinski definition) is 3. The second kappa shape index (κ2) is 8.39. The van der Waals surface area contributed by atoms with Crippen LogP contribution < -0.4 is 4.31 Å². The second-order valence-corrected chi connectivity index (χ2v) is 9.35. The van der Waals surface area contributed by atoms with Crippen molar-refractivity contribution < 1.29 is 13.2 Å². The number of carbonyl (C=O) groups is 1. The molecule has 1 aliphatic rings. The highest BCUT2D eigenvalue weighted by Gasteiger charge is 2.29. The Labute approximate surface area is 168 Å². The average Bonchev–Trinajstić information content (AvgIpc) is 2.68. The molecule has 1 fully saturated rings. The summed E-state index contributed by atoms with van der Waals surface area (Å²) in [6, 6.07) is 15.4. The normalized spacial score (nSPS) is 14.9. The van der Waals surface area contributed by atoms with Crippen molar-refractivity contribution in [1.82, 2.24) is 4.90 Å². The highest BCUT2D eigenvalue weighted by atomic mass is 127. The van der Waals surface area contributed by atoms with Gasteiger partial charge in [0.05, 0.1) is 10.6 Å². The summed E-state index contributed by atoms with van der Waals surface area (Å²) < 4.78 is 28.6. The van der Waals surface area contributed by atoms with Crippen molar-refractivity contribution in [2.45, 2.75) is 24.2 Å². The zero-order valence-corrected chi connectivity index (χ0v) is 17.3. The van der Waals surface area contributed by atoms with Gasteiger partial charge in [0.15, 0.2) is 0 Å². The first-order chi connectivity index (χ1) is 12.5. The fourth-order valence-corrected chi connectivity index (χ4v) is 4.80. The van der Waals surface area contributed by atoms with E-state index in [1.807, 2.05) is 12.1 Å². The van der Waals surface area contributed by atoms with E-state index in [4.69, 9.17) is 0 Å². The molecule has 1 saturated heterocycles. The van der Waals surface area contributed by atoms with Gasteiger partial charge in [-0.1, -0.05) is 18.2 Å². The van der Waals surface area contributed by atoms with Gasteiger partial charge >= 0.3 is 0 Å². The summed E-state index contributed by atoms with van der Waals surface area (Å²) in [6.45, 7) is 1.22. The number of carbonyl (C=O) groups excluding carboxylic acids is 1. The second-order valence-electron chi connectivity index (χ2n) is 6.24. The first-order valence-corrected chi connectivity index (χ1v) is 11.1. The number of likely N-dealkylation sites (tertiary alicyclic amines) is 1. The van der Waals surface area contributed by atoms with E-state index in [0.29, 0.717) is 18.8 Å². The minimum atomic E-state index is -3.82. The molecule has 138 valence electrons. The number of rotatable bonds is 5. The molecule has 0 aliphatic carbocycles. The number of piperidine rings is 1. The Kier molecular flexibility index (Phi) is 6.18. The Morgan fingerprint density at radius 2 is 1.58 bits per heavy atom. The molecule has 0 spiro atoms. The molecule has 1 amide bonds. The topological polar surface area (TPSA) is 57.7 Å². The van der Waals surface area contributed by atoms with Gasteiger partial charge in [0.25, 0.3) is 10.0 Å². The molecule has 0 aromatic heterocycles. The third-order valence-electron chi connectivity index (χ3n) is 4.43. The van der Waals surface area contributed by atoms with E-state index >= 15 is 0 Å². The number of amides is 1. The van der Waals surface area contributed by atoms with E-state index in [0.717, 1.165) is 22.8 Å². The number of anilines is 1. The van der Waals surface area contributed by atoms with Gasteiger partial charge in [-0.3, -0.25) is 9.10 Å². The zero-order chi connectivity index (χ0) is 18.6. The molecular formula is C19H21IN2O3S. The molecule has 5 nitrogen and oxygen atoms in total. The first kappa shape index (κ1) is 19.2. The molecule has 1 heterocycles. The lowest BCUT2D eigenvalue weighted by atomic mass is 10.1. The van der Waals surface area contributed by atoms with Gasteiger partial charge in [-0.25, -0.2) is 8.42 Å². The molecule has 0 N–H and O–H groups in total. The Morgan fingerprint density at radius 1 is 0.962 bits per heavy atom. The Morgan fingerprint density at radius 3 is 2.19 bits per heavy atom. The van der Waals surface area contributed by atoms with E-state index in [2.05, 4.69) is 22.6 Å². The molecule has 7 heteroatoms. The Hall–Kier alpha value is -1.61. The highest BCUT2D eigenvalue weighted by molar-refractivity contribution is 14.1. The number of benzene rings is 2. The van der Waals surface area contributed by atoms with Crippen LogP contribution in [-0.2, 0) is 14.8 Å². The summed E-state index contributed by atoms with van der Waals surface area (Å²) in [7, 11) is -3.82. The van der Waals surface area contributed by atoms with Crippen molar-refractivity contribution in [3.05, 3.63) is 58.2 Å². The predicted octanol–water partition coefficient (Wildman–Crippen LogP) is 3.50. The van der Waals surface area contributed by atoms with Crippen LogP contribution >= 0.6 is 22.6 Å². The summed E-state index contributed by atoms with van der Waals surface area (Å²) in [5, 5.41) is 0. The molecule has 2 aromatic rings. The van der Waals surface area contributed by atoms with Crippen LogP contribution in [0.4, 0.5) is 5.69 Å². The third kappa shape index (κ3) is 4.37. The quantitative estimate of drug-likeness (QED) is 0.611. The maximum atomic E-state index is 13.2. The van der Waals surface area contributed by atoms with E-state index in [9.17, 15) is 13.2 Å². The molecule has 0 atom stereocenters. The van der Waals surface area contributed by atoms with Crippen molar-refractivity contribution >= 4 is 44.2 Å². The molecule has 0 bridgehead atoms. The minimum Gasteiger partial charge on any atom is -0.341 e. The lowest BCUT2D eigenvalue weighted by Crippen LogP contribution is -2.44. The van der Waals surface area contributed by atoms with Crippen molar-refractivity contribution in [1.29, 1.82) is 0 Å². The molecule has 26 heavy (non-hydrogen) atoms. The number of nitrogens with zero attached hydrogens (tertiary/aromatic N) is 2. The number of hydrogen-bond donors (Lipinski definition) is 0. The SMILES string of the molecule is O=C(CN(c1ccc(I)cc1)S(=O)(=O)c1ccccc1)N1CCCCC1. The van der Waals surface area contributed by atoms with Crippen LogP contribution in [0.15, 0.2) is 59.5 Å². The average molecular weight is 484 g/mol. The molecule has 0 unspecified atom stereocenters. The summed E-state index contributed by atoms with van der Waals surface area (Å²) in [6.07, 6.45) is 3.06. The molecule has 2 aromatic carbocycles. The lowest BCUT2D eigenvalue weighted by Gasteiger charge is -2.30. The molecular weight excluding hydrogens is 463 g/mol. The van der Waals surface area contributed by atoms with Gasteiger partial charge < -0.3 is 4.90 Å². The van der Waals surface area contributed by atoms with Gasteiger partial charge in [0, 0.05) is 16.7 Å². The van der Waals surface area contributed by atoms with E-state index < -0.39 is 10.0 Å². The smallest absolute Gasteiger partial charge is 0.264 e. The van der Waals surface area contributed by atoms with Gasteiger partial charge in [0.1, 0.15) is 6.54 Å². The van der Waals surface area contributed by atoms with Gasteiger partial charge in [-0.05, 0) is 78.3 Å². The maximum Gasteiger partial charge on any atom is 0.264 e. The van der Waals surface area contributed by atoms with Crippen LogP contribution in [0.5, 0.6) is 0 Å². The Balaban J connectivity index is 1.94.